The Hall–Kier alpha value is -2.95. The van der Waals surface area contributed by atoms with Gasteiger partial charge in [-0.15, -0.1) is 0 Å². The molecule has 1 aliphatic heterocycles. The van der Waals surface area contributed by atoms with Gasteiger partial charge in [-0.05, 0) is 24.3 Å². The Kier molecular flexibility index (Phi) is 3.02. The van der Waals surface area contributed by atoms with E-state index in [4.69, 9.17) is 0 Å². The molecule has 0 saturated heterocycles. The van der Waals surface area contributed by atoms with E-state index in [0.29, 0.717) is 11.1 Å². The number of carbonyl (C=O) groups is 3. The van der Waals surface area contributed by atoms with E-state index >= 15 is 0 Å². The zero-order valence-electron chi connectivity index (χ0n) is 10.9. The van der Waals surface area contributed by atoms with Crippen molar-refractivity contribution >= 4 is 17.6 Å². The monoisotopic (exact) mass is 281 g/mol. The fourth-order valence-electron chi connectivity index (χ4n) is 2.32. The van der Waals surface area contributed by atoms with E-state index in [1.165, 1.54) is 12.1 Å². The van der Waals surface area contributed by atoms with E-state index in [1.807, 2.05) is 0 Å². The molecule has 1 aliphatic rings. The second-order valence-electron chi connectivity index (χ2n) is 4.68. The van der Waals surface area contributed by atoms with Crippen LogP contribution in [0.4, 0.5) is 0 Å². The van der Waals surface area contributed by atoms with Gasteiger partial charge < -0.3 is 5.11 Å². The number of hydrogen-bond acceptors (Lipinski definition) is 4. The maximum absolute atomic E-state index is 12.2. The fourth-order valence-corrected chi connectivity index (χ4v) is 2.32. The molecule has 0 fully saturated rings. The van der Waals surface area contributed by atoms with E-state index in [9.17, 15) is 19.5 Å². The molecule has 0 spiro atoms. The molecule has 0 aromatic heterocycles. The number of ketones is 1. The molecule has 3 rings (SSSR count). The molecule has 1 heterocycles. The second-order valence-corrected chi connectivity index (χ2v) is 4.68. The molecular formula is C16H11NO4. The van der Waals surface area contributed by atoms with Gasteiger partial charge in [0.1, 0.15) is 5.75 Å². The standard InChI is InChI=1S/C16H11NO4/c18-13-8-4-3-7-12(13)14(19)9-17-15(20)10-5-1-2-6-11(10)16(17)21/h1-8,18H,9H2. The number of hydrogen-bond donors (Lipinski definition) is 1. The van der Waals surface area contributed by atoms with Gasteiger partial charge in [-0.3, -0.25) is 19.3 Å². The van der Waals surface area contributed by atoms with Gasteiger partial charge in [0.05, 0.1) is 23.2 Å². The van der Waals surface area contributed by atoms with Crippen molar-refractivity contribution in [2.24, 2.45) is 0 Å². The molecule has 1 N–H and O–H groups in total. The van der Waals surface area contributed by atoms with E-state index in [0.717, 1.165) is 4.90 Å². The van der Waals surface area contributed by atoms with Crippen LogP contribution in [-0.4, -0.2) is 34.1 Å². The highest BCUT2D eigenvalue weighted by molar-refractivity contribution is 6.23. The third-order valence-electron chi connectivity index (χ3n) is 3.38. The number of rotatable bonds is 3. The summed E-state index contributed by atoms with van der Waals surface area (Å²) in [6.45, 7) is -0.385. The minimum atomic E-state index is -0.487. The van der Waals surface area contributed by atoms with Crippen LogP contribution in [0, 0.1) is 0 Å². The van der Waals surface area contributed by atoms with Crippen LogP contribution in [0.5, 0.6) is 5.75 Å². The highest BCUT2D eigenvalue weighted by atomic mass is 16.3. The number of imide groups is 1. The van der Waals surface area contributed by atoms with Gasteiger partial charge in [-0.2, -0.15) is 0 Å². The first-order chi connectivity index (χ1) is 10.1. The van der Waals surface area contributed by atoms with Crippen molar-refractivity contribution in [3.05, 3.63) is 65.2 Å². The largest absolute Gasteiger partial charge is 0.507 e. The number of phenolic OH excluding ortho intramolecular Hbond substituents is 1. The smallest absolute Gasteiger partial charge is 0.261 e. The first-order valence-corrected chi connectivity index (χ1v) is 6.36. The van der Waals surface area contributed by atoms with Crippen LogP contribution in [0.3, 0.4) is 0 Å². The lowest BCUT2D eigenvalue weighted by atomic mass is 10.1. The number of benzene rings is 2. The highest BCUT2D eigenvalue weighted by Crippen LogP contribution is 2.24. The van der Waals surface area contributed by atoms with E-state index in [1.54, 1.807) is 36.4 Å². The SMILES string of the molecule is O=C(CN1C(=O)c2ccccc2C1=O)c1ccccc1O. The summed E-state index contributed by atoms with van der Waals surface area (Å²) in [5.41, 5.74) is 0.689. The molecule has 104 valence electrons. The van der Waals surface area contributed by atoms with E-state index < -0.39 is 17.6 Å². The molecule has 0 aliphatic carbocycles. The number of carbonyl (C=O) groups excluding carboxylic acids is 3. The fraction of sp³-hybridized carbons (Fsp3) is 0.0625. The van der Waals surface area contributed by atoms with Crippen molar-refractivity contribution in [3.63, 3.8) is 0 Å². The number of phenols is 1. The van der Waals surface area contributed by atoms with Crippen LogP contribution in [0.2, 0.25) is 0 Å². The molecule has 2 aromatic carbocycles. The highest BCUT2D eigenvalue weighted by Gasteiger charge is 2.36. The molecule has 0 unspecified atom stereocenters. The van der Waals surface area contributed by atoms with Crippen molar-refractivity contribution in [1.82, 2.24) is 4.90 Å². The zero-order chi connectivity index (χ0) is 15.0. The summed E-state index contributed by atoms with van der Waals surface area (Å²) in [7, 11) is 0. The molecule has 2 amide bonds. The van der Waals surface area contributed by atoms with Crippen LogP contribution >= 0.6 is 0 Å². The second kappa shape index (κ2) is 4.86. The Morgan fingerprint density at radius 1 is 0.905 bits per heavy atom. The van der Waals surface area contributed by atoms with Crippen molar-refractivity contribution in [2.45, 2.75) is 0 Å². The van der Waals surface area contributed by atoms with Crippen LogP contribution in [0.25, 0.3) is 0 Å². The van der Waals surface area contributed by atoms with Crippen molar-refractivity contribution in [3.8, 4) is 5.75 Å². The molecular weight excluding hydrogens is 270 g/mol. The van der Waals surface area contributed by atoms with Gasteiger partial charge >= 0.3 is 0 Å². The van der Waals surface area contributed by atoms with E-state index in [-0.39, 0.29) is 17.9 Å². The van der Waals surface area contributed by atoms with Crippen molar-refractivity contribution in [1.29, 1.82) is 0 Å². The number of amides is 2. The Balaban J connectivity index is 1.88. The van der Waals surface area contributed by atoms with Gasteiger partial charge in [0.25, 0.3) is 11.8 Å². The van der Waals surface area contributed by atoms with Crippen LogP contribution in [-0.2, 0) is 0 Å². The van der Waals surface area contributed by atoms with Gasteiger partial charge in [0.15, 0.2) is 5.78 Å². The quantitative estimate of drug-likeness (QED) is 0.688. The topological polar surface area (TPSA) is 74.7 Å². The number of fused-ring (bicyclic) bond motifs is 1. The maximum Gasteiger partial charge on any atom is 0.261 e. The third kappa shape index (κ3) is 2.08. The van der Waals surface area contributed by atoms with E-state index in [2.05, 4.69) is 0 Å². The first-order valence-electron chi connectivity index (χ1n) is 6.36. The van der Waals surface area contributed by atoms with Gasteiger partial charge in [0, 0.05) is 0 Å². The van der Waals surface area contributed by atoms with Crippen molar-refractivity contribution < 1.29 is 19.5 Å². The van der Waals surface area contributed by atoms with Crippen LogP contribution in [0.1, 0.15) is 31.1 Å². The Morgan fingerprint density at radius 2 is 1.43 bits per heavy atom. The third-order valence-corrected chi connectivity index (χ3v) is 3.38. The first kappa shape index (κ1) is 13.1. The molecule has 5 heteroatoms. The molecule has 21 heavy (non-hydrogen) atoms. The maximum atomic E-state index is 12.2. The molecule has 0 atom stereocenters. The van der Waals surface area contributed by atoms with Crippen LogP contribution in [0.15, 0.2) is 48.5 Å². The summed E-state index contributed by atoms with van der Waals surface area (Å²) in [6, 6.07) is 12.5. The predicted octanol–water partition coefficient (Wildman–Crippen LogP) is 1.87. The Bertz CT molecular complexity index is 731. The minimum Gasteiger partial charge on any atom is -0.507 e. The van der Waals surface area contributed by atoms with Crippen molar-refractivity contribution in [2.75, 3.05) is 6.54 Å². The predicted molar refractivity (Wildman–Crippen MR) is 74.2 cm³/mol. The summed E-state index contributed by atoms with van der Waals surface area (Å²) in [6.07, 6.45) is 0. The number of Topliss-reactive ketones (excluding diaryl/α,β-unsaturated/α-hetero) is 1. The average molecular weight is 281 g/mol. The van der Waals surface area contributed by atoms with Gasteiger partial charge in [-0.25, -0.2) is 0 Å². The molecule has 5 nitrogen and oxygen atoms in total. The number of para-hydroxylation sites is 1. The normalized spacial score (nSPS) is 13.4. The minimum absolute atomic E-state index is 0.0917. The summed E-state index contributed by atoms with van der Waals surface area (Å²) in [5.74, 6) is -1.62. The lowest BCUT2D eigenvalue weighted by Gasteiger charge is -2.13. The summed E-state index contributed by atoms with van der Waals surface area (Å²) in [5, 5.41) is 9.65. The Morgan fingerprint density at radius 3 is 2.00 bits per heavy atom. The average Bonchev–Trinajstić information content (AvgIpc) is 2.73. The summed E-state index contributed by atoms with van der Waals surface area (Å²) >= 11 is 0. The molecule has 0 saturated carbocycles. The Labute approximate surface area is 120 Å². The lowest BCUT2D eigenvalue weighted by molar-refractivity contribution is 0.0623. The summed E-state index contributed by atoms with van der Waals surface area (Å²) in [4.78, 5) is 37.4. The zero-order valence-corrected chi connectivity index (χ0v) is 10.9. The summed E-state index contributed by atoms with van der Waals surface area (Å²) < 4.78 is 0. The molecule has 2 aromatic rings. The van der Waals surface area contributed by atoms with Gasteiger partial charge in [0.2, 0.25) is 0 Å². The van der Waals surface area contributed by atoms with Crippen LogP contribution < -0.4 is 0 Å². The number of nitrogens with zero attached hydrogens (tertiary/aromatic N) is 1. The number of aromatic hydroxyl groups is 1. The van der Waals surface area contributed by atoms with Gasteiger partial charge in [-0.1, -0.05) is 24.3 Å². The molecule has 0 radical (unpaired) electrons. The lowest BCUT2D eigenvalue weighted by Crippen LogP contribution is -2.34. The molecule has 0 bridgehead atoms.